The van der Waals surface area contributed by atoms with Gasteiger partial charge in [-0.05, 0) is 32.1 Å². The Labute approximate surface area is 318 Å². The second-order valence-electron chi connectivity index (χ2n) is 13.2. The number of hydrogen-bond donors (Lipinski definition) is 4. The third-order valence-electron chi connectivity index (χ3n) is 8.24. The van der Waals surface area contributed by atoms with Crippen LogP contribution in [0.3, 0.4) is 0 Å². The van der Waals surface area contributed by atoms with Crippen LogP contribution in [0.2, 0.25) is 0 Å². The molecule has 4 atom stereocenters. The number of carboxylic acids is 1. The fraction of sp³-hybridized carbons (Fsp3) is 0.811. The highest BCUT2D eigenvalue weighted by molar-refractivity contribution is 5.76. The van der Waals surface area contributed by atoms with Crippen molar-refractivity contribution in [3.63, 3.8) is 0 Å². The molecule has 0 saturated carbocycles. The highest BCUT2D eigenvalue weighted by Gasteiger charge is 2.44. The highest BCUT2D eigenvalue weighted by Crippen LogP contribution is 2.27. The molecule has 1 aliphatic heterocycles. The Balaban J connectivity index is 2.05. The molecule has 0 bridgehead atoms. The van der Waals surface area contributed by atoms with E-state index in [2.05, 4.69) is 16.0 Å². The lowest BCUT2D eigenvalue weighted by atomic mass is 10.0. The molecule has 3 amide bonds. The maximum absolute atomic E-state index is 12.2. The van der Waals surface area contributed by atoms with Crippen molar-refractivity contribution < 1.29 is 67.1 Å². The Bertz CT molecular complexity index is 1140. The van der Waals surface area contributed by atoms with Gasteiger partial charge in [0.2, 0.25) is 17.7 Å². The molecule has 1 fully saturated rings. The van der Waals surface area contributed by atoms with Crippen molar-refractivity contribution in [1.82, 2.24) is 16.0 Å². The number of hydrogen-bond acceptors (Lipinski definition) is 13. The van der Waals surface area contributed by atoms with Crippen molar-refractivity contribution in [2.45, 2.75) is 148 Å². The van der Waals surface area contributed by atoms with Gasteiger partial charge in [0.15, 0.2) is 12.4 Å². The van der Waals surface area contributed by atoms with Crippen molar-refractivity contribution in [1.29, 1.82) is 0 Å². The number of nitrogens with one attached hydrogen (secondary N) is 3. The van der Waals surface area contributed by atoms with Crippen LogP contribution in [0.4, 0.5) is 0 Å². The lowest BCUT2D eigenvalue weighted by Gasteiger charge is -2.39. The van der Waals surface area contributed by atoms with Crippen LogP contribution in [-0.4, -0.2) is 117 Å². The van der Waals surface area contributed by atoms with Crippen LogP contribution >= 0.6 is 0 Å². The van der Waals surface area contributed by atoms with Crippen LogP contribution in [0.15, 0.2) is 0 Å². The topological polar surface area (TPSA) is 231 Å². The van der Waals surface area contributed by atoms with Gasteiger partial charge in [0, 0.05) is 79.1 Å². The van der Waals surface area contributed by atoms with Gasteiger partial charge in [-0.25, -0.2) is 0 Å². The number of amides is 3. The van der Waals surface area contributed by atoms with E-state index in [-0.39, 0.29) is 63.2 Å². The van der Waals surface area contributed by atoms with Crippen LogP contribution in [0.5, 0.6) is 0 Å². The summed E-state index contributed by atoms with van der Waals surface area (Å²) >= 11 is 0. The first-order valence-corrected chi connectivity index (χ1v) is 19.2. The largest absolute Gasteiger partial charge is 0.481 e. The van der Waals surface area contributed by atoms with E-state index in [0.717, 1.165) is 51.4 Å². The predicted octanol–water partition coefficient (Wildman–Crippen LogP) is 2.85. The van der Waals surface area contributed by atoms with Gasteiger partial charge in [0.1, 0.15) is 18.8 Å². The molecule has 1 saturated heterocycles. The van der Waals surface area contributed by atoms with Crippen LogP contribution in [0.25, 0.3) is 0 Å². The average molecular weight is 774 g/mol. The molecular weight excluding hydrogens is 710 g/mol. The lowest BCUT2D eigenvalue weighted by Crippen LogP contribution is -2.54. The number of unbranched alkanes of at least 4 members (excludes halogenated alkanes) is 8. The van der Waals surface area contributed by atoms with Gasteiger partial charge in [0.25, 0.3) is 0 Å². The summed E-state index contributed by atoms with van der Waals surface area (Å²) in [6.07, 6.45) is 7.17. The zero-order valence-corrected chi connectivity index (χ0v) is 32.3. The Hall–Kier alpha value is -3.83. The van der Waals surface area contributed by atoms with E-state index < -0.39 is 48.5 Å². The van der Waals surface area contributed by atoms with E-state index in [1.54, 1.807) is 0 Å². The number of esters is 3. The van der Waals surface area contributed by atoms with Gasteiger partial charge in [-0.3, -0.25) is 33.6 Å². The lowest BCUT2D eigenvalue weighted by molar-refractivity contribution is -0.266. The maximum Gasteiger partial charge on any atom is 0.303 e. The first-order chi connectivity index (χ1) is 25.9. The molecule has 17 nitrogen and oxygen atoms in total. The minimum atomic E-state index is -0.978. The summed E-state index contributed by atoms with van der Waals surface area (Å²) in [6, 6.07) is 0. The van der Waals surface area contributed by atoms with Gasteiger partial charge in [0.05, 0.1) is 13.2 Å². The van der Waals surface area contributed by atoms with Crippen LogP contribution < -0.4 is 16.0 Å². The normalized spacial score (nSPS) is 17.9. The number of carbonyl (C=O) groups excluding carboxylic acids is 6. The van der Waals surface area contributed by atoms with Crippen LogP contribution in [-0.2, 0) is 62.0 Å². The van der Waals surface area contributed by atoms with Crippen molar-refractivity contribution in [3.05, 3.63) is 0 Å². The van der Waals surface area contributed by atoms with E-state index in [1.165, 1.54) is 20.8 Å². The van der Waals surface area contributed by atoms with Gasteiger partial charge in [-0.15, -0.1) is 0 Å². The quantitative estimate of drug-likeness (QED) is 0.0451. The van der Waals surface area contributed by atoms with Crippen molar-refractivity contribution >= 4 is 41.6 Å². The smallest absolute Gasteiger partial charge is 0.303 e. The fourth-order valence-electron chi connectivity index (χ4n) is 5.57. The van der Waals surface area contributed by atoms with Crippen molar-refractivity contribution in [3.8, 4) is 0 Å². The Morgan fingerprint density at radius 2 is 1.13 bits per heavy atom. The molecule has 1 heterocycles. The molecule has 0 aliphatic carbocycles. The monoisotopic (exact) mass is 773 g/mol. The molecule has 310 valence electrons. The first kappa shape index (κ1) is 48.2. The minimum absolute atomic E-state index is 0.0150. The van der Waals surface area contributed by atoms with Crippen molar-refractivity contribution in [2.24, 2.45) is 0 Å². The molecule has 0 spiro atoms. The summed E-state index contributed by atoms with van der Waals surface area (Å²) in [6.45, 7) is 5.44. The number of rotatable bonds is 31. The zero-order chi connectivity index (χ0) is 40.0. The van der Waals surface area contributed by atoms with Crippen molar-refractivity contribution in [2.75, 3.05) is 46.1 Å². The van der Waals surface area contributed by atoms with E-state index in [9.17, 15) is 33.6 Å². The average Bonchev–Trinajstić information content (AvgIpc) is 3.09. The SMILES string of the molecule is CC(=O)OC[C@H]1O[C@@H](OCCCCC(=O)NCCCNC(=O)CCOCCNC(=O)CCCCCCCCCCC(=O)O)C[C@@H](OC(C)=O)[C@H]1OC(C)=O. The molecular formula is C37H63N3O14. The second kappa shape index (κ2) is 30.5. The maximum atomic E-state index is 12.2. The summed E-state index contributed by atoms with van der Waals surface area (Å²) < 4.78 is 32.8. The summed E-state index contributed by atoms with van der Waals surface area (Å²) in [7, 11) is 0. The third-order valence-corrected chi connectivity index (χ3v) is 8.24. The minimum Gasteiger partial charge on any atom is -0.481 e. The Morgan fingerprint density at radius 3 is 1.70 bits per heavy atom. The standard InChI is InChI=1S/C37H63N3O14/c1-27(41)51-26-31-37(53-29(3)43)30(52-28(2)42)25-36(54-31)50-22-13-12-16-32(44)38-19-14-20-39-34(46)18-23-49-24-21-40-33(45)15-10-8-6-4-5-7-9-11-17-35(47)48/h30-31,36-37H,4-26H2,1-3H3,(H,38,44)(H,39,46)(H,40,45)(H,47,48)/t30-,31-,36-,37-/m1/s1. The molecule has 0 aromatic heterocycles. The molecule has 0 aromatic rings. The third kappa shape index (κ3) is 26.9. The van der Waals surface area contributed by atoms with Gasteiger partial charge >= 0.3 is 23.9 Å². The fourth-order valence-corrected chi connectivity index (χ4v) is 5.57. The number of aliphatic carboxylic acids is 1. The summed E-state index contributed by atoms with van der Waals surface area (Å²) in [5, 5.41) is 17.0. The molecule has 0 aromatic carbocycles. The number of carboxylic acid groups (broad SMARTS) is 1. The molecule has 0 radical (unpaired) electrons. The molecule has 0 unspecified atom stereocenters. The van der Waals surface area contributed by atoms with E-state index in [0.29, 0.717) is 51.9 Å². The second-order valence-corrected chi connectivity index (χ2v) is 13.2. The Morgan fingerprint density at radius 1 is 0.593 bits per heavy atom. The van der Waals surface area contributed by atoms with Crippen LogP contribution in [0.1, 0.15) is 124 Å². The van der Waals surface area contributed by atoms with E-state index in [4.69, 9.17) is 33.5 Å². The predicted molar refractivity (Wildman–Crippen MR) is 194 cm³/mol. The molecule has 17 heteroatoms. The van der Waals surface area contributed by atoms with E-state index >= 15 is 0 Å². The van der Waals surface area contributed by atoms with Gasteiger partial charge < -0.3 is 49.5 Å². The van der Waals surface area contributed by atoms with E-state index in [1.807, 2.05) is 0 Å². The summed E-state index contributed by atoms with van der Waals surface area (Å²) in [4.78, 5) is 81.3. The number of ether oxygens (including phenoxy) is 6. The molecule has 1 aliphatic rings. The summed E-state index contributed by atoms with van der Waals surface area (Å²) in [5.41, 5.74) is 0. The Kier molecular flexibility index (Phi) is 27.2. The molecule has 1 rings (SSSR count). The number of carbonyl (C=O) groups is 7. The first-order valence-electron chi connectivity index (χ1n) is 19.2. The highest BCUT2D eigenvalue weighted by atomic mass is 16.7. The van der Waals surface area contributed by atoms with Crippen LogP contribution in [0, 0.1) is 0 Å². The van der Waals surface area contributed by atoms with Gasteiger partial charge in [-0.2, -0.15) is 0 Å². The zero-order valence-electron chi connectivity index (χ0n) is 32.3. The molecule has 54 heavy (non-hydrogen) atoms. The van der Waals surface area contributed by atoms with Gasteiger partial charge in [-0.1, -0.05) is 38.5 Å². The summed E-state index contributed by atoms with van der Waals surface area (Å²) in [5.74, 6) is -2.78. The molecule has 4 N–H and O–H groups in total.